The molecule has 1 saturated heterocycles. The Bertz CT molecular complexity index is 1660. The number of piperazine rings is 1. The molecular weight excluding hydrogens is 610 g/mol. The van der Waals surface area contributed by atoms with E-state index in [-0.39, 0.29) is 5.75 Å². The number of benzene rings is 3. The van der Waals surface area contributed by atoms with Crippen molar-refractivity contribution in [1.82, 2.24) is 19.3 Å². The molecule has 4 aromatic rings. The standard InChI is InChI=1S/C33H38ClN7O3S/c1-39(20-5-8-27-9-13-29(34)14-10-27)32-36-31(35-19-17-28-11-15-30(42)16-12-28)37-33(38-32)40-21-23-41(24-22-40)45(43,44)25-18-26-6-3-2-4-7-26/h2-4,6-7,9-16,18,25,42H,5,8,17,19-24H2,1H3,(H,35,36,37,38)/b25-18+. The Morgan fingerprint density at radius 1 is 0.889 bits per heavy atom. The summed E-state index contributed by atoms with van der Waals surface area (Å²) in [6.07, 6.45) is 4.14. The molecule has 236 valence electrons. The van der Waals surface area contributed by atoms with Gasteiger partial charge >= 0.3 is 0 Å². The Labute approximate surface area is 270 Å². The minimum absolute atomic E-state index is 0.234. The lowest BCUT2D eigenvalue weighted by Gasteiger charge is -2.33. The molecule has 0 amide bonds. The van der Waals surface area contributed by atoms with Crippen molar-refractivity contribution in [2.24, 2.45) is 0 Å². The first-order valence-corrected chi connectivity index (χ1v) is 16.8. The second-order valence-corrected chi connectivity index (χ2v) is 13.2. The SMILES string of the molecule is CN(CCCc1ccc(Cl)cc1)c1nc(NCCc2ccc(O)cc2)nc(N2CCN(S(=O)(=O)/C=C/c3ccccc3)CC2)n1. The van der Waals surface area contributed by atoms with Gasteiger partial charge in [-0.3, -0.25) is 0 Å². The number of nitrogens with one attached hydrogen (secondary N) is 1. The van der Waals surface area contributed by atoms with E-state index in [9.17, 15) is 13.5 Å². The normalized spacial score (nSPS) is 14.1. The van der Waals surface area contributed by atoms with Crippen LogP contribution in [0, 0.1) is 0 Å². The van der Waals surface area contributed by atoms with Crippen molar-refractivity contribution in [2.75, 3.05) is 61.4 Å². The number of hydrogen-bond acceptors (Lipinski definition) is 9. The van der Waals surface area contributed by atoms with E-state index < -0.39 is 10.0 Å². The molecule has 0 radical (unpaired) electrons. The van der Waals surface area contributed by atoms with Gasteiger partial charge in [-0.2, -0.15) is 19.3 Å². The van der Waals surface area contributed by atoms with Gasteiger partial charge in [-0.05, 0) is 66.3 Å². The van der Waals surface area contributed by atoms with Crippen LogP contribution in [0.3, 0.4) is 0 Å². The zero-order valence-electron chi connectivity index (χ0n) is 25.3. The fraction of sp³-hybridized carbons (Fsp3) is 0.303. The van der Waals surface area contributed by atoms with Gasteiger partial charge < -0.3 is 20.2 Å². The molecule has 0 atom stereocenters. The molecular formula is C33H38ClN7O3S. The highest BCUT2D eigenvalue weighted by Gasteiger charge is 2.27. The molecule has 45 heavy (non-hydrogen) atoms. The molecule has 12 heteroatoms. The maximum atomic E-state index is 13.0. The maximum absolute atomic E-state index is 13.0. The van der Waals surface area contributed by atoms with Gasteiger partial charge in [0, 0.05) is 56.7 Å². The Hall–Kier alpha value is -4.19. The predicted molar refractivity (Wildman–Crippen MR) is 181 cm³/mol. The van der Waals surface area contributed by atoms with E-state index in [1.807, 2.05) is 83.6 Å². The van der Waals surface area contributed by atoms with Crippen LogP contribution in [-0.2, 0) is 22.9 Å². The molecule has 1 aromatic heterocycles. The summed E-state index contributed by atoms with van der Waals surface area (Å²) in [7, 11) is -1.60. The maximum Gasteiger partial charge on any atom is 0.236 e. The topological polar surface area (TPSA) is 115 Å². The van der Waals surface area contributed by atoms with Crippen LogP contribution in [0.1, 0.15) is 23.1 Å². The largest absolute Gasteiger partial charge is 0.508 e. The molecule has 0 bridgehead atoms. The highest BCUT2D eigenvalue weighted by molar-refractivity contribution is 7.92. The van der Waals surface area contributed by atoms with E-state index >= 15 is 0 Å². The van der Waals surface area contributed by atoms with Crippen LogP contribution in [0.15, 0.2) is 84.3 Å². The first-order valence-electron chi connectivity index (χ1n) is 15.0. The first-order chi connectivity index (χ1) is 21.7. The summed E-state index contributed by atoms with van der Waals surface area (Å²) >= 11 is 6.03. The summed E-state index contributed by atoms with van der Waals surface area (Å²) in [6, 6.07) is 24.4. The van der Waals surface area contributed by atoms with Crippen molar-refractivity contribution in [3.63, 3.8) is 0 Å². The first kappa shape index (κ1) is 32.2. The Morgan fingerprint density at radius 2 is 1.56 bits per heavy atom. The van der Waals surface area contributed by atoms with Crippen LogP contribution in [-0.4, -0.2) is 79.1 Å². The van der Waals surface area contributed by atoms with E-state index in [1.165, 1.54) is 15.3 Å². The Kier molecular flexibility index (Phi) is 10.9. The molecule has 2 heterocycles. The number of aryl methyl sites for hydroxylation is 1. The Morgan fingerprint density at radius 3 is 2.27 bits per heavy atom. The summed E-state index contributed by atoms with van der Waals surface area (Å²) in [5.41, 5.74) is 3.13. The van der Waals surface area contributed by atoms with Crippen LogP contribution in [0.5, 0.6) is 5.75 Å². The minimum Gasteiger partial charge on any atom is -0.508 e. The number of halogens is 1. The fourth-order valence-electron chi connectivity index (χ4n) is 4.96. The predicted octanol–water partition coefficient (Wildman–Crippen LogP) is 5.08. The summed E-state index contributed by atoms with van der Waals surface area (Å²) in [4.78, 5) is 18.2. The summed E-state index contributed by atoms with van der Waals surface area (Å²) < 4.78 is 27.5. The van der Waals surface area contributed by atoms with Gasteiger partial charge in [0.05, 0.1) is 0 Å². The lowest BCUT2D eigenvalue weighted by Crippen LogP contribution is -2.48. The number of sulfonamides is 1. The zero-order chi connectivity index (χ0) is 31.6. The van der Waals surface area contributed by atoms with Crippen molar-refractivity contribution in [3.8, 4) is 5.75 Å². The van der Waals surface area contributed by atoms with Gasteiger partial charge in [0.25, 0.3) is 0 Å². The molecule has 1 aliphatic heterocycles. The van der Waals surface area contributed by atoms with Crippen LogP contribution >= 0.6 is 11.6 Å². The van der Waals surface area contributed by atoms with Crippen LogP contribution in [0.25, 0.3) is 6.08 Å². The average Bonchev–Trinajstić information content (AvgIpc) is 3.06. The van der Waals surface area contributed by atoms with Crippen LogP contribution in [0.4, 0.5) is 17.8 Å². The monoisotopic (exact) mass is 647 g/mol. The van der Waals surface area contributed by atoms with Gasteiger partial charge in [0.1, 0.15) is 5.75 Å². The van der Waals surface area contributed by atoms with E-state index in [0.717, 1.165) is 42.0 Å². The highest BCUT2D eigenvalue weighted by atomic mass is 35.5. The average molecular weight is 648 g/mol. The molecule has 3 aromatic carbocycles. The van der Waals surface area contributed by atoms with Crippen molar-refractivity contribution in [3.05, 3.63) is 106 Å². The van der Waals surface area contributed by atoms with Crippen molar-refractivity contribution < 1.29 is 13.5 Å². The third kappa shape index (κ3) is 9.40. The van der Waals surface area contributed by atoms with E-state index in [1.54, 1.807) is 18.2 Å². The van der Waals surface area contributed by atoms with Gasteiger partial charge in [-0.1, -0.05) is 66.2 Å². The molecule has 2 N–H and O–H groups in total. The number of rotatable bonds is 13. The van der Waals surface area contributed by atoms with Crippen molar-refractivity contribution in [2.45, 2.75) is 19.3 Å². The molecule has 1 fully saturated rings. The number of phenolic OH excluding ortho intramolecular Hbond substituents is 1. The molecule has 0 aliphatic carbocycles. The van der Waals surface area contributed by atoms with E-state index in [2.05, 4.69) is 5.32 Å². The van der Waals surface area contributed by atoms with Gasteiger partial charge in [-0.25, -0.2) is 8.42 Å². The number of nitrogens with zero attached hydrogens (tertiary/aromatic N) is 6. The second-order valence-electron chi connectivity index (χ2n) is 10.9. The lowest BCUT2D eigenvalue weighted by molar-refractivity contribution is 0.387. The lowest BCUT2D eigenvalue weighted by atomic mass is 10.1. The molecule has 1 aliphatic rings. The third-order valence-corrected chi connectivity index (χ3v) is 9.39. The highest BCUT2D eigenvalue weighted by Crippen LogP contribution is 2.20. The number of aromatic nitrogens is 3. The molecule has 0 unspecified atom stereocenters. The smallest absolute Gasteiger partial charge is 0.236 e. The van der Waals surface area contributed by atoms with Crippen LogP contribution in [0.2, 0.25) is 5.02 Å². The number of anilines is 3. The number of hydrogen-bond donors (Lipinski definition) is 2. The molecule has 0 saturated carbocycles. The van der Waals surface area contributed by atoms with Gasteiger partial charge in [-0.15, -0.1) is 0 Å². The van der Waals surface area contributed by atoms with Gasteiger partial charge in [0.2, 0.25) is 27.9 Å². The number of phenols is 1. The molecule has 5 rings (SSSR count). The van der Waals surface area contributed by atoms with E-state index in [0.29, 0.717) is 50.6 Å². The van der Waals surface area contributed by atoms with Crippen LogP contribution < -0.4 is 15.1 Å². The van der Waals surface area contributed by atoms with Crippen molar-refractivity contribution in [1.29, 1.82) is 0 Å². The van der Waals surface area contributed by atoms with Crippen molar-refractivity contribution >= 4 is 45.5 Å². The van der Waals surface area contributed by atoms with Gasteiger partial charge in [0.15, 0.2) is 0 Å². The molecule has 10 nitrogen and oxygen atoms in total. The summed E-state index contributed by atoms with van der Waals surface area (Å²) in [6.45, 7) is 2.88. The quantitative estimate of drug-likeness (QED) is 0.205. The minimum atomic E-state index is -3.56. The third-order valence-electron chi connectivity index (χ3n) is 7.57. The molecule has 0 spiro atoms. The summed E-state index contributed by atoms with van der Waals surface area (Å²) in [5.74, 6) is 1.74. The fourth-order valence-corrected chi connectivity index (χ4v) is 6.25. The number of aromatic hydroxyl groups is 1. The summed E-state index contributed by atoms with van der Waals surface area (Å²) in [5, 5.41) is 14.9. The second kappa shape index (κ2) is 15.2. The zero-order valence-corrected chi connectivity index (χ0v) is 26.8. The Balaban J connectivity index is 1.25. The van der Waals surface area contributed by atoms with E-state index in [4.69, 9.17) is 26.6 Å².